The second-order valence-electron chi connectivity index (χ2n) is 5.62. The molecule has 0 radical (unpaired) electrons. The van der Waals surface area contributed by atoms with Crippen molar-refractivity contribution in [3.8, 4) is 16.2 Å². The molecule has 0 atom stereocenters. The Morgan fingerprint density at radius 2 is 1.81 bits per heavy atom. The maximum absolute atomic E-state index is 11.5. The number of nitrogens with one attached hydrogen (secondary N) is 1. The van der Waals surface area contributed by atoms with Crippen molar-refractivity contribution in [1.82, 2.24) is 4.72 Å². The predicted octanol–water partition coefficient (Wildman–Crippen LogP) is 2.32. The Kier molecular flexibility index (Phi) is 6.58. The average molecular weight is 413 g/mol. The Balaban J connectivity index is 2.28. The molecule has 3 N–H and O–H groups in total. The van der Waals surface area contributed by atoms with Gasteiger partial charge in [0.25, 0.3) is 0 Å². The van der Waals surface area contributed by atoms with E-state index in [2.05, 4.69) is 4.72 Å². The van der Waals surface area contributed by atoms with E-state index in [1.54, 1.807) is 38.1 Å². The Hall–Kier alpha value is -2.43. The van der Waals surface area contributed by atoms with Crippen molar-refractivity contribution in [1.29, 1.82) is 0 Å². The van der Waals surface area contributed by atoms with Crippen molar-refractivity contribution in [3.05, 3.63) is 40.3 Å². The molecule has 0 saturated heterocycles. The van der Waals surface area contributed by atoms with E-state index >= 15 is 0 Å². The van der Waals surface area contributed by atoms with E-state index in [-0.39, 0.29) is 22.9 Å². The summed E-state index contributed by atoms with van der Waals surface area (Å²) in [5, 5.41) is 18.1. The standard InChI is InChI=1S/C17H19NO7S2/c1-3-27(23,24)18-8-11-4-6-12(7-5-11)15-10(2)14(25-9-13(19)20)16(26-15)17(21)22/h4-7,18H,3,8-9H2,1-2H3,(H,19,20)(H,21,22). The summed E-state index contributed by atoms with van der Waals surface area (Å²) < 4.78 is 30.6. The summed E-state index contributed by atoms with van der Waals surface area (Å²) in [4.78, 5) is 22.7. The van der Waals surface area contributed by atoms with Crippen LogP contribution in [0.25, 0.3) is 10.4 Å². The molecule has 2 rings (SSSR count). The molecule has 0 saturated carbocycles. The van der Waals surface area contributed by atoms with Gasteiger partial charge in [0.1, 0.15) is 5.75 Å². The van der Waals surface area contributed by atoms with Gasteiger partial charge >= 0.3 is 11.9 Å². The molecule has 0 fully saturated rings. The smallest absolute Gasteiger partial charge is 0.349 e. The molecule has 0 amide bonds. The minimum absolute atomic E-state index is 0.00341. The highest BCUT2D eigenvalue weighted by Gasteiger charge is 2.23. The van der Waals surface area contributed by atoms with Crippen LogP contribution in [0.5, 0.6) is 5.75 Å². The number of ether oxygens (including phenoxy) is 1. The van der Waals surface area contributed by atoms with Crippen LogP contribution in [-0.4, -0.2) is 42.9 Å². The minimum atomic E-state index is -3.29. The van der Waals surface area contributed by atoms with Crippen LogP contribution in [0.2, 0.25) is 0 Å². The molecule has 1 aromatic heterocycles. The Labute approximate surface area is 160 Å². The van der Waals surface area contributed by atoms with Crippen LogP contribution in [0.15, 0.2) is 24.3 Å². The van der Waals surface area contributed by atoms with E-state index in [0.29, 0.717) is 10.4 Å². The van der Waals surface area contributed by atoms with Crippen molar-refractivity contribution in [2.75, 3.05) is 12.4 Å². The number of aliphatic carboxylic acids is 1. The van der Waals surface area contributed by atoms with E-state index in [9.17, 15) is 23.1 Å². The summed E-state index contributed by atoms with van der Waals surface area (Å²) in [6, 6.07) is 6.98. The number of hydrogen-bond acceptors (Lipinski definition) is 6. The minimum Gasteiger partial charge on any atom is -0.480 e. The van der Waals surface area contributed by atoms with Crippen molar-refractivity contribution in [2.24, 2.45) is 0 Å². The van der Waals surface area contributed by atoms with E-state index in [1.165, 1.54) is 0 Å². The molecule has 1 aromatic carbocycles. The largest absolute Gasteiger partial charge is 0.480 e. The second kappa shape index (κ2) is 8.51. The first kappa shape index (κ1) is 20.9. The van der Waals surface area contributed by atoms with Gasteiger partial charge < -0.3 is 14.9 Å². The third kappa shape index (κ3) is 5.28. The first-order valence-corrected chi connectivity index (χ1v) is 10.4. The number of rotatable bonds is 9. The third-order valence-corrected chi connectivity index (χ3v) is 6.37. The molecule has 146 valence electrons. The van der Waals surface area contributed by atoms with Gasteiger partial charge in [0.2, 0.25) is 10.0 Å². The number of carboxylic acids is 2. The van der Waals surface area contributed by atoms with E-state index in [1.807, 2.05) is 0 Å². The SMILES string of the molecule is CCS(=O)(=O)NCc1ccc(-c2sc(C(=O)O)c(OCC(=O)O)c2C)cc1. The van der Waals surface area contributed by atoms with Crippen LogP contribution < -0.4 is 9.46 Å². The van der Waals surface area contributed by atoms with Gasteiger partial charge in [0.15, 0.2) is 11.5 Å². The molecule has 0 spiro atoms. The number of aromatic carboxylic acids is 1. The van der Waals surface area contributed by atoms with Crippen molar-refractivity contribution in [3.63, 3.8) is 0 Å². The molecule has 2 aromatic rings. The highest BCUT2D eigenvalue weighted by atomic mass is 32.2. The quantitative estimate of drug-likeness (QED) is 0.575. The summed E-state index contributed by atoms with van der Waals surface area (Å²) >= 11 is 0.997. The van der Waals surface area contributed by atoms with Crippen molar-refractivity contribution in [2.45, 2.75) is 20.4 Å². The summed E-state index contributed by atoms with van der Waals surface area (Å²) in [6.07, 6.45) is 0. The lowest BCUT2D eigenvalue weighted by Crippen LogP contribution is -2.24. The van der Waals surface area contributed by atoms with Gasteiger partial charge in [-0.05, 0) is 25.0 Å². The molecule has 0 bridgehead atoms. The van der Waals surface area contributed by atoms with E-state index in [4.69, 9.17) is 9.84 Å². The molecule has 0 aliphatic rings. The van der Waals surface area contributed by atoms with Gasteiger partial charge in [-0.3, -0.25) is 0 Å². The van der Waals surface area contributed by atoms with E-state index in [0.717, 1.165) is 22.5 Å². The fraction of sp³-hybridized carbons (Fsp3) is 0.294. The van der Waals surface area contributed by atoms with Crippen LogP contribution in [0.3, 0.4) is 0 Å². The topological polar surface area (TPSA) is 130 Å². The average Bonchev–Trinajstić information content (AvgIpc) is 2.95. The Morgan fingerprint density at radius 3 is 2.33 bits per heavy atom. The summed E-state index contributed by atoms with van der Waals surface area (Å²) in [5.41, 5.74) is 2.02. The highest BCUT2D eigenvalue weighted by molar-refractivity contribution is 7.89. The highest BCUT2D eigenvalue weighted by Crippen LogP contribution is 2.41. The van der Waals surface area contributed by atoms with Gasteiger partial charge in [-0.15, -0.1) is 11.3 Å². The normalized spacial score (nSPS) is 11.3. The molecule has 10 heteroatoms. The molecule has 8 nitrogen and oxygen atoms in total. The first-order chi connectivity index (χ1) is 12.6. The predicted molar refractivity (Wildman–Crippen MR) is 101 cm³/mol. The zero-order chi connectivity index (χ0) is 20.2. The lowest BCUT2D eigenvalue weighted by atomic mass is 10.1. The second-order valence-corrected chi connectivity index (χ2v) is 8.74. The molecule has 0 unspecified atom stereocenters. The van der Waals surface area contributed by atoms with Gasteiger partial charge in [-0.2, -0.15) is 0 Å². The lowest BCUT2D eigenvalue weighted by Gasteiger charge is -2.07. The number of thiophene rings is 1. The van der Waals surface area contributed by atoms with Gasteiger partial charge in [0, 0.05) is 17.0 Å². The number of sulfonamides is 1. The van der Waals surface area contributed by atoms with Crippen LogP contribution >= 0.6 is 11.3 Å². The summed E-state index contributed by atoms with van der Waals surface area (Å²) in [6.45, 7) is 2.74. The molecule has 27 heavy (non-hydrogen) atoms. The van der Waals surface area contributed by atoms with Gasteiger partial charge in [-0.25, -0.2) is 22.7 Å². The zero-order valence-corrected chi connectivity index (χ0v) is 16.3. The third-order valence-electron chi connectivity index (χ3n) is 3.72. The van der Waals surface area contributed by atoms with Crippen LogP contribution in [0.4, 0.5) is 0 Å². The van der Waals surface area contributed by atoms with Gasteiger partial charge in [-0.1, -0.05) is 24.3 Å². The number of carboxylic acid groups (broad SMARTS) is 2. The Bertz CT molecular complexity index is 946. The fourth-order valence-corrected chi connectivity index (χ4v) is 3.98. The van der Waals surface area contributed by atoms with Crippen LogP contribution in [0.1, 0.15) is 27.7 Å². The Morgan fingerprint density at radius 1 is 1.19 bits per heavy atom. The van der Waals surface area contributed by atoms with Crippen LogP contribution in [-0.2, 0) is 21.4 Å². The molecule has 0 aliphatic heterocycles. The van der Waals surface area contributed by atoms with E-state index < -0.39 is 28.6 Å². The number of hydrogen-bond donors (Lipinski definition) is 3. The van der Waals surface area contributed by atoms with Crippen molar-refractivity contribution < 1.29 is 33.0 Å². The summed E-state index contributed by atoms with van der Waals surface area (Å²) in [7, 11) is -3.29. The zero-order valence-electron chi connectivity index (χ0n) is 14.7. The first-order valence-electron chi connectivity index (χ1n) is 7.92. The monoisotopic (exact) mass is 413 g/mol. The lowest BCUT2D eigenvalue weighted by molar-refractivity contribution is -0.139. The number of benzene rings is 1. The number of carbonyl (C=O) groups is 2. The molecular formula is C17H19NO7S2. The van der Waals surface area contributed by atoms with Crippen molar-refractivity contribution >= 4 is 33.3 Å². The molecule has 0 aliphatic carbocycles. The maximum atomic E-state index is 11.5. The van der Waals surface area contributed by atoms with Gasteiger partial charge in [0.05, 0.1) is 5.75 Å². The fourth-order valence-electron chi connectivity index (χ4n) is 2.29. The summed E-state index contributed by atoms with van der Waals surface area (Å²) in [5.74, 6) is -2.35. The van der Waals surface area contributed by atoms with Crippen LogP contribution in [0, 0.1) is 6.92 Å². The molecule has 1 heterocycles. The maximum Gasteiger partial charge on any atom is 0.349 e. The molecular weight excluding hydrogens is 394 g/mol.